The highest BCUT2D eigenvalue weighted by molar-refractivity contribution is 5.94. The Balaban J connectivity index is 2.93. The van der Waals surface area contributed by atoms with Crippen LogP contribution in [0.5, 0.6) is 0 Å². The molecule has 2 N–H and O–H groups in total. The maximum Gasteiger partial charge on any atom is 0.328 e. The van der Waals surface area contributed by atoms with E-state index >= 15 is 0 Å². The third kappa shape index (κ3) is 3.71. The summed E-state index contributed by atoms with van der Waals surface area (Å²) in [6.07, 6.45) is 2.16. The van der Waals surface area contributed by atoms with E-state index in [1.807, 2.05) is 0 Å². The van der Waals surface area contributed by atoms with Gasteiger partial charge in [0.2, 0.25) is 0 Å². The van der Waals surface area contributed by atoms with Crippen molar-refractivity contribution in [2.75, 3.05) is 6.54 Å². The Bertz CT molecular complexity index is 469. The fraction of sp³-hybridized carbons (Fsp3) is 0.167. The highest BCUT2D eigenvalue weighted by atomic mass is 19.1. The maximum absolute atomic E-state index is 13.5. The van der Waals surface area contributed by atoms with E-state index in [-0.39, 0.29) is 5.56 Å². The molecule has 0 saturated carbocycles. The molecule has 0 bridgehead atoms. The summed E-state index contributed by atoms with van der Waals surface area (Å²) in [7, 11) is 0. The first-order valence-electron chi connectivity index (χ1n) is 5.03. The van der Waals surface area contributed by atoms with Crippen LogP contribution in [0.1, 0.15) is 22.8 Å². The zero-order chi connectivity index (χ0) is 12.8. The van der Waals surface area contributed by atoms with Crippen molar-refractivity contribution in [3.05, 3.63) is 41.2 Å². The van der Waals surface area contributed by atoms with Crippen LogP contribution in [-0.2, 0) is 4.79 Å². The van der Waals surface area contributed by atoms with Crippen molar-refractivity contribution < 1.29 is 19.1 Å². The van der Waals surface area contributed by atoms with Crippen molar-refractivity contribution in [1.29, 1.82) is 0 Å². The molecule has 0 heterocycles. The number of benzene rings is 1. The van der Waals surface area contributed by atoms with Gasteiger partial charge in [-0.05, 0) is 30.7 Å². The number of carbonyl (C=O) groups excluding carboxylic acids is 1. The minimum Gasteiger partial charge on any atom is -0.478 e. The van der Waals surface area contributed by atoms with Crippen molar-refractivity contribution in [2.45, 2.75) is 6.92 Å². The second-order valence-corrected chi connectivity index (χ2v) is 3.27. The smallest absolute Gasteiger partial charge is 0.328 e. The summed E-state index contributed by atoms with van der Waals surface area (Å²) in [5, 5.41) is 10.9. The maximum atomic E-state index is 13.5. The quantitative estimate of drug-likeness (QED) is 0.783. The van der Waals surface area contributed by atoms with E-state index in [1.165, 1.54) is 18.2 Å². The average Bonchev–Trinajstić information content (AvgIpc) is 2.26. The first-order chi connectivity index (χ1) is 8.04. The number of hydrogen-bond acceptors (Lipinski definition) is 2. The lowest BCUT2D eigenvalue weighted by atomic mass is 10.1. The molecule has 1 aromatic carbocycles. The molecule has 0 unspecified atom stereocenters. The minimum absolute atomic E-state index is 0.0562. The number of halogens is 1. The van der Waals surface area contributed by atoms with Crippen LogP contribution in [0.25, 0.3) is 6.08 Å². The molecule has 5 heteroatoms. The average molecular weight is 237 g/mol. The molecule has 0 spiro atoms. The van der Waals surface area contributed by atoms with Crippen molar-refractivity contribution in [3.63, 3.8) is 0 Å². The van der Waals surface area contributed by atoms with Gasteiger partial charge < -0.3 is 10.4 Å². The molecule has 1 amide bonds. The molecular formula is C12H12FNO3. The summed E-state index contributed by atoms with van der Waals surface area (Å²) in [5.41, 5.74) is 0.331. The SMILES string of the molecule is CCNC(=O)c1ccc(/C=C/C(=O)O)cc1F. The Morgan fingerprint density at radius 1 is 1.47 bits per heavy atom. The molecule has 0 atom stereocenters. The van der Waals surface area contributed by atoms with Gasteiger partial charge in [0, 0.05) is 12.6 Å². The largest absolute Gasteiger partial charge is 0.478 e. The van der Waals surface area contributed by atoms with E-state index in [0.29, 0.717) is 12.1 Å². The van der Waals surface area contributed by atoms with Crippen LogP contribution in [0.3, 0.4) is 0 Å². The van der Waals surface area contributed by atoms with Gasteiger partial charge in [-0.1, -0.05) is 6.07 Å². The number of amides is 1. The molecule has 0 radical (unpaired) electrons. The molecule has 4 nitrogen and oxygen atoms in total. The van der Waals surface area contributed by atoms with Gasteiger partial charge in [0.1, 0.15) is 5.82 Å². The number of aliphatic carboxylic acids is 1. The van der Waals surface area contributed by atoms with Crippen LogP contribution < -0.4 is 5.32 Å². The lowest BCUT2D eigenvalue weighted by molar-refractivity contribution is -0.131. The summed E-state index contributed by atoms with van der Waals surface area (Å²) < 4.78 is 13.5. The van der Waals surface area contributed by atoms with Crippen molar-refractivity contribution in [2.24, 2.45) is 0 Å². The van der Waals surface area contributed by atoms with Gasteiger partial charge in [-0.2, -0.15) is 0 Å². The van der Waals surface area contributed by atoms with E-state index in [1.54, 1.807) is 6.92 Å². The van der Waals surface area contributed by atoms with Gasteiger partial charge in [0.25, 0.3) is 5.91 Å². The molecule has 1 rings (SSSR count). The van der Waals surface area contributed by atoms with Crippen LogP contribution in [0.2, 0.25) is 0 Å². The molecular weight excluding hydrogens is 225 g/mol. The number of hydrogen-bond donors (Lipinski definition) is 2. The first-order valence-corrected chi connectivity index (χ1v) is 5.03. The zero-order valence-corrected chi connectivity index (χ0v) is 9.24. The molecule has 0 saturated heterocycles. The molecule has 90 valence electrons. The summed E-state index contributed by atoms with van der Waals surface area (Å²) in [5.74, 6) is -2.28. The van der Waals surface area contributed by atoms with Crippen molar-refractivity contribution >= 4 is 18.0 Å². The van der Waals surface area contributed by atoms with Gasteiger partial charge in [-0.3, -0.25) is 4.79 Å². The second-order valence-electron chi connectivity index (χ2n) is 3.27. The molecule has 0 aromatic heterocycles. The molecule has 1 aromatic rings. The highest BCUT2D eigenvalue weighted by Crippen LogP contribution is 2.11. The number of rotatable bonds is 4. The zero-order valence-electron chi connectivity index (χ0n) is 9.24. The van der Waals surface area contributed by atoms with Gasteiger partial charge in [0.15, 0.2) is 0 Å². The summed E-state index contributed by atoms with van der Waals surface area (Å²) >= 11 is 0. The topological polar surface area (TPSA) is 66.4 Å². The predicted octanol–water partition coefficient (Wildman–Crippen LogP) is 1.67. The monoisotopic (exact) mass is 237 g/mol. The van der Waals surface area contributed by atoms with E-state index in [4.69, 9.17) is 5.11 Å². The molecule has 0 fully saturated rings. The molecule has 0 aliphatic carbocycles. The molecule has 17 heavy (non-hydrogen) atoms. The van der Waals surface area contributed by atoms with E-state index in [2.05, 4.69) is 5.32 Å². The van der Waals surface area contributed by atoms with Crippen LogP contribution >= 0.6 is 0 Å². The third-order valence-corrected chi connectivity index (χ3v) is 1.99. The van der Waals surface area contributed by atoms with Gasteiger partial charge >= 0.3 is 5.97 Å². The van der Waals surface area contributed by atoms with Gasteiger partial charge in [-0.15, -0.1) is 0 Å². The predicted molar refractivity (Wildman–Crippen MR) is 61.1 cm³/mol. The standard InChI is InChI=1S/C12H12FNO3/c1-2-14-12(17)9-5-3-8(7-10(9)13)4-6-11(15)16/h3-7H,2H2,1H3,(H,14,17)(H,15,16)/b6-4+. The normalized spacial score (nSPS) is 10.5. The number of carboxylic acid groups (broad SMARTS) is 1. The summed E-state index contributed by atoms with van der Waals surface area (Å²) in [4.78, 5) is 21.7. The van der Waals surface area contributed by atoms with E-state index in [9.17, 15) is 14.0 Å². The number of carbonyl (C=O) groups is 2. The molecule has 0 aliphatic heterocycles. The van der Waals surface area contributed by atoms with E-state index < -0.39 is 17.7 Å². The van der Waals surface area contributed by atoms with E-state index in [0.717, 1.165) is 12.1 Å². The lowest BCUT2D eigenvalue weighted by Crippen LogP contribution is -2.23. The Morgan fingerprint density at radius 2 is 2.18 bits per heavy atom. The van der Waals surface area contributed by atoms with Crippen LogP contribution in [0.15, 0.2) is 24.3 Å². The highest BCUT2D eigenvalue weighted by Gasteiger charge is 2.10. The lowest BCUT2D eigenvalue weighted by Gasteiger charge is -2.04. The van der Waals surface area contributed by atoms with Gasteiger partial charge in [0.05, 0.1) is 5.56 Å². The van der Waals surface area contributed by atoms with Crippen LogP contribution in [0.4, 0.5) is 4.39 Å². The second kappa shape index (κ2) is 5.79. The van der Waals surface area contributed by atoms with Crippen molar-refractivity contribution in [3.8, 4) is 0 Å². The Kier molecular flexibility index (Phi) is 4.39. The van der Waals surface area contributed by atoms with Crippen LogP contribution in [-0.4, -0.2) is 23.5 Å². The minimum atomic E-state index is -1.11. The van der Waals surface area contributed by atoms with Crippen LogP contribution in [0, 0.1) is 5.82 Å². The van der Waals surface area contributed by atoms with Gasteiger partial charge in [-0.25, -0.2) is 9.18 Å². The Morgan fingerprint density at radius 3 is 2.71 bits per heavy atom. The fourth-order valence-electron chi connectivity index (χ4n) is 1.24. The summed E-state index contributed by atoms with van der Waals surface area (Å²) in [6, 6.07) is 3.92. The van der Waals surface area contributed by atoms with Crippen molar-refractivity contribution in [1.82, 2.24) is 5.32 Å². The third-order valence-electron chi connectivity index (χ3n) is 1.99. The first kappa shape index (κ1) is 12.9. The number of nitrogens with one attached hydrogen (secondary N) is 1. The molecule has 0 aliphatic rings. The Hall–Kier alpha value is -2.17. The fourth-order valence-corrected chi connectivity index (χ4v) is 1.24. The number of carboxylic acids is 1. The summed E-state index contributed by atoms with van der Waals surface area (Å²) in [6.45, 7) is 2.15. The Labute approximate surface area is 97.8 Å².